The Hall–Kier alpha value is -8.20. The number of rotatable bonds is 7. The minimum absolute atomic E-state index is 1.09. The molecule has 290 valence electrons. The van der Waals surface area contributed by atoms with Crippen molar-refractivity contribution in [3.8, 4) is 39.1 Å². The van der Waals surface area contributed by atoms with Gasteiger partial charge in [0.25, 0.3) is 0 Å². The molecule has 12 rings (SSSR count). The van der Waals surface area contributed by atoms with Crippen LogP contribution in [-0.2, 0) is 0 Å². The average Bonchev–Trinajstić information content (AvgIpc) is 3.69. The van der Waals surface area contributed by atoms with Crippen LogP contribution in [0.4, 0.5) is 17.1 Å². The molecule has 1 aromatic heterocycles. The maximum absolute atomic E-state index is 2.43. The molecule has 0 bridgehead atoms. The van der Waals surface area contributed by atoms with Crippen molar-refractivity contribution in [1.82, 2.24) is 4.57 Å². The quantitative estimate of drug-likeness (QED) is 0.146. The summed E-state index contributed by atoms with van der Waals surface area (Å²) in [7, 11) is 0. The van der Waals surface area contributed by atoms with E-state index in [1.54, 1.807) is 0 Å². The molecule has 0 fully saturated rings. The van der Waals surface area contributed by atoms with Crippen molar-refractivity contribution < 1.29 is 0 Å². The molecule has 0 saturated heterocycles. The van der Waals surface area contributed by atoms with Gasteiger partial charge in [-0.05, 0) is 127 Å². The van der Waals surface area contributed by atoms with Crippen LogP contribution < -0.4 is 4.90 Å². The highest BCUT2D eigenvalue weighted by Gasteiger charge is 2.20. The third kappa shape index (κ3) is 6.04. The molecule has 0 radical (unpaired) electrons. The Labute approximate surface area is 360 Å². The maximum atomic E-state index is 2.43. The van der Waals surface area contributed by atoms with E-state index >= 15 is 0 Å². The van der Waals surface area contributed by atoms with Gasteiger partial charge in [0, 0.05) is 33.4 Å². The van der Waals surface area contributed by atoms with Gasteiger partial charge in [0.2, 0.25) is 0 Å². The fourth-order valence-corrected chi connectivity index (χ4v) is 9.62. The summed E-state index contributed by atoms with van der Waals surface area (Å²) < 4.78 is 2.39. The summed E-state index contributed by atoms with van der Waals surface area (Å²) in [4.78, 5) is 2.43. The summed E-state index contributed by atoms with van der Waals surface area (Å²) in [6.45, 7) is 0. The number of hydrogen-bond donors (Lipinski definition) is 0. The number of nitrogens with zero attached hydrogens (tertiary/aromatic N) is 2. The molecule has 2 heteroatoms. The van der Waals surface area contributed by atoms with Crippen LogP contribution >= 0.6 is 0 Å². The van der Waals surface area contributed by atoms with Crippen LogP contribution in [0.1, 0.15) is 0 Å². The Morgan fingerprint density at radius 1 is 0.290 bits per heavy atom. The smallest absolute Gasteiger partial charge is 0.0547 e. The van der Waals surface area contributed by atoms with Gasteiger partial charge in [-0.1, -0.05) is 176 Å². The Bertz CT molecular complexity index is 3640. The van der Waals surface area contributed by atoms with Crippen molar-refractivity contribution in [3.05, 3.63) is 243 Å². The third-order valence-corrected chi connectivity index (χ3v) is 12.5. The second kappa shape index (κ2) is 14.8. The van der Waals surface area contributed by atoms with E-state index in [1.807, 2.05) is 0 Å². The Morgan fingerprint density at radius 2 is 0.887 bits per heavy atom. The summed E-state index contributed by atoms with van der Waals surface area (Å²) in [5, 5.41) is 9.97. The molecular weight excluding hydrogens is 749 g/mol. The average molecular weight is 789 g/mol. The zero-order chi connectivity index (χ0) is 41.0. The lowest BCUT2D eigenvalue weighted by molar-refractivity contribution is 1.18. The van der Waals surface area contributed by atoms with Crippen LogP contribution in [0.3, 0.4) is 0 Å². The Balaban J connectivity index is 1.01. The molecule has 0 N–H and O–H groups in total. The van der Waals surface area contributed by atoms with Gasteiger partial charge < -0.3 is 9.47 Å². The lowest BCUT2D eigenvalue weighted by Crippen LogP contribution is -2.11. The minimum atomic E-state index is 1.09. The van der Waals surface area contributed by atoms with E-state index in [2.05, 4.69) is 252 Å². The van der Waals surface area contributed by atoms with Crippen molar-refractivity contribution in [2.75, 3.05) is 4.90 Å². The van der Waals surface area contributed by atoms with E-state index in [4.69, 9.17) is 0 Å². The van der Waals surface area contributed by atoms with E-state index in [1.165, 1.54) is 76.4 Å². The normalized spacial score (nSPS) is 11.5. The molecule has 2 nitrogen and oxygen atoms in total. The highest BCUT2D eigenvalue weighted by atomic mass is 15.1. The van der Waals surface area contributed by atoms with E-state index in [0.717, 1.165) is 33.9 Å². The zero-order valence-electron chi connectivity index (χ0n) is 34.0. The molecule has 0 aliphatic carbocycles. The molecule has 0 spiro atoms. The molecule has 0 saturated carbocycles. The van der Waals surface area contributed by atoms with Crippen molar-refractivity contribution in [3.63, 3.8) is 0 Å². The van der Waals surface area contributed by atoms with Crippen LogP contribution in [0.5, 0.6) is 0 Å². The van der Waals surface area contributed by atoms with Crippen LogP contribution in [0.15, 0.2) is 243 Å². The van der Waals surface area contributed by atoms with Crippen molar-refractivity contribution in [1.29, 1.82) is 0 Å². The first-order chi connectivity index (χ1) is 30.7. The summed E-state index contributed by atoms with van der Waals surface area (Å²) in [5.74, 6) is 0. The lowest BCUT2D eigenvalue weighted by atomic mass is 9.94. The molecule has 0 aliphatic heterocycles. The number of para-hydroxylation sites is 3. The van der Waals surface area contributed by atoms with Crippen molar-refractivity contribution in [2.24, 2.45) is 0 Å². The van der Waals surface area contributed by atoms with Gasteiger partial charge in [0.05, 0.1) is 16.7 Å². The third-order valence-electron chi connectivity index (χ3n) is 12.5. The Kier molecular flexibility index (Phi) is 8.53. The zero-order valence-corrected chi connectivity index (χ0v) is 34.0. The lowest BCUT2D eigenvalue weighted by Gasteiger charge is -2.28. The summed E-state index contributed by atoms with van der Waals surface area (Å²) in [5.41, 5.74) is 14.0. The standard InChI is InChI=1S/C60H40N2/c1-2-19-49(20-3-1)62-58-26-11-9-23-56(58)60-55(24-13-27-59(60)62)47-18-12-17-46(39-47)54-22-8-10-25-57(54)61(51-36-37-53-48(40-51)31-29-43-15-6-7-21-52(43)53)50-34-32-42(33-35-50)45-30-28-41-14-4-5-16-44(41)38-45/h1-40H. The number of fused-ring (bicyclic) bond motifs is 7. The minimum Gasteiger partial charge on any atom is -0.310 e. The van der Waals surface area contributed by atoms with Gasteiger partial charge in [-0.3, -0.25) is 0 Å². The molecule has 0 amide bonds. The predicted molar refractivity (Wildman–Crippen MR) is 264 cm³/mol. The summed E-state index contributed by atoms with van der Waals surface area (Å²) in [6, 6.07) is 88.6. The predicted octanol–water partition coefficient (Wildman–Crippen LogP) is 16.7. The van der Waals surface area contributed by atoms with E-state index in [9.17, 15) is 0 Å². The van der Waals surface area contributed by atoms with Crippen molar-refractivity contribution in [2.45, 2.75) is 0 Å². The van der Waals surface area contributed by atoms with Gasteiger partial charge in [0.15, 0.2) is 0 Å². The van der Waals surface area contributed by atoms with Gasteiger partial charge in [-0.15, -0.1) is 0 Å². The maximum Gasteiger partial charge on any atom is 0.0547 e. The molecule has 0 atom stereocenters. The molecule has 0 aliphatic rings. The molecule has 0 unspecified atom stereocenters. The van der Waals surface area contributed by atoms with Gasteiger partial charge in [-0.2, -0.15) is 0 Å². The summed E-state index contributed by atoms with van der Waals surface area (Å²) >= 11 is 0. The highest BCUT2D eigenvalue weighted by Crippen LogP contribution is 2.45. The fraction of sp³-hybridized carbons (Fsp3) is 0. The number of anilines is 3. The molecule has 12 aromatic rings. The second-order valence-corrected chi connectivity index (χ2v) is 16.1. The fourth-order valence-electron chi connectivity index (χ4n) is 9.62. The number of aromatic nitrogens is 1. The second-order valence-electron chi connectivity index (χ2n) is 16.1. The van der Waals surface area contributed by atoms with Crippen LogP contribution in [0.25, 0.3) is 93.2 Å². The summed E-state index contributed by atoms with van der Waals surface area (Å²) in [6.07, 6.45) is 0. The number of benzene rings is 11. The molecule has 62 heavy (non-hydrogen) atoms. The monoisotopic (exact) mass is 788 g/mol. The first-order valence-corrected chi connectivity index (χ1v) is 21.3. The van der Waals surface area contributed by atoms with Gasteiger partial charge in [-0.25, -0.2) is 0 Å². The molecule has 11 aromatic carbocycles. The molecule has 1 heterocycles. The van der Waals surface area contributed by atoms with Gasteiger partial charge >= 0.3 is 0 Å². The van der Waals surface area contributed by atoms with Crippen molar-refractivity contribution >= 4 is 71.2 Å². The van der Waals surface area contributed by atoms with E-state index in [0.29, 0.717) is 0 Å². The first-order valence-electron chi connectivity index (χ1n) is 21.3. The topological polar surface area (TPSA) is 8.17 Å². The highest BCUT2D eigenvalue weighted by molar-refractivity contribution is 6.16. The van der Waals surface area contributed by atoms with E-state index < -0.39 is 0 Å². The Morgan fingerprint density at radius 3 is 1.76 bits per heavy atom. The first kappa shape index (κ1) is 35.7. The van der Waals surface area contributed by atoms with Gasteiger partial charge in [0.1, 0.15) is 0 Å². The van der Waals surface area contributed by atoms with Crippen LogP contribution in [0, 0.1) is 0 Å². The SMILES string of the molecule is c1ccc(-n2c3ccccc3c3c(-c4cccc(-c5ccccc5N(c5ccc(-c6ccc7ccccc7c6)cc5)c5ccc6c(ccc7ccccc76)c5)c4)cccc32)cc1. The number of hydrogen-bond acceptors (Lipinski definition) is 1. The molecular formula is C60H40N2. The van der Waals surface area contributed by atoms with Crippen LogP contribution in [0.2, 0.25) is 0 Å². The van der Waals surface area contributed by atoms with Crippen LogP contribution in [-0.4, -0.2) is 4.57 Å². The largest absolute Gasteiger partial charge is 0.310 e. The van der Waals surface area contributed by atoms with E-state index in [-0.39, 0.29) is 0 Å².